The molecule has 0 aromatic carbocycles. The molecule has 0 spiro atoms. The average Bonchev–Trinajstić information content (AvgIpc) is 2.17. The minimum absolute atomic E-state index is 0.537. The molecule has 1 N–H and O–H groups in total. The van der Waals surface area contributed by atoms with Crippen molar-refractivity contribution in [1.29, 1.82) is 0 Å². The van der Waals surface area contributed by atoms with Gasteiger partial charge in [-0.15, -0.1) is 0 Å². The average molecular weight is 210 g/mol. The van der Waals surface area contributed by atoms with Crippen molar-refractivity contribution in [3.63, 3.8) is 0 Å². The standard InChI is InChI=1S/C13H26N2/c1-11-10-15(9-8-14-11)12-6-4-5-7-13(12,2)3/h11-12,14H,4-10H2,1-3H3. The van der Waals surface area contributed by atoms with Crippen LogP contribution < -0.4 is 5.32 Å². The van der Waals surface area contributed by atoms with Crippen LogP contribution in [0.2, 0.25) is 0 Å². The summed E-state index contributed by atoms with van der Waals surface area (Å²) < 4.78 is 0. The lowest BCUT2D eigenvalue weighted by Crippen LogP contribution is -2.57. The predicted molar refractivity (Wildman–Crippen MR) is 65.1 cm³/mol. The Bertz CT molecular complexity index is 213. The third kappa shape index (κ3) is 2.54. The van der Waals surface area contributed by atoms with E-state index in [0.717, 1.165) is 6.04 Å². The molecule has 1 aliphatic heterocycles. The molecule has 1 aliphatic carbocycles. The van der Waals surface area contributed by atoms with E-state index in [9.17, 15) is 0 Å². The Morgan fingerprint density at radius 1 is 1.27 bits per heavy atom. The maximum absolute atomic E-state index is 3.54. The van der Waals surface area contributed by atoms with Gasteiger partial charge < -0.3 is 5.32 Å². The van der Waals surface area contributed by atoms with E-state index in [1.54, 1.807) is 0 Å². The van der Waals surface area contributed by atoms with Crippen LogP contribution in [0.4, 0.5) is 0 Å². The molecule has 0 aromatic rings. The Labute approximate surface area is 94.4 Å². The molecule has 2 nitrogen and oxygen atoms in total. The van der Waals surface area contributed by atoms with E-state index in [0.29, 0.717) is 11.5 Å². The van der Waals surface area contributed by atoms with Crippen LogP contribution in [-0.2, 0) is 0 Å². The summed E-state index contributed by atoms with van der Waals surface area (Å²) in [6.07, 6.45) is 5.70. The summed E-state index contributed by atoms with van der Waals surface area (Å²) in [6.45, 7) is 10.9. The smallest absolute Gasteiger partial charge is 0.0167 e. The monoisotopic (exact) mass is 210 g/mol. The van der Waals surface area contributed by atoms with Gasteiger partial charge in [0, 0.05) is 31.7 Å². The molecule has 2 aliphatic rings. The normalized spacial score (nSPS) is 37.8. The molecular formula is C13H26N2. The Morgan fingerprint density at radius 3 is 2.73 bits per heavy atom. The molecule has 0 bridgehead atoms. The van der Waals surface area contributed by atoms with Crippen LogP contribution >= 0.6 is 0 Å². The maximum Gasteiger partial charge on any atom is 0.0167 e. The molecule has 2 fully saturated rings. The zero-order chi connectivity index (χ0) is 10.9. The lowest BCUT2D eigenvalue weighted by Gasteiger charge is -2.48. The fraction of sp³-hybridized carbons (Fsp3) is 1.00. The summed E-state index contributed by atoms with van der Waals surface area (Å²) in [5, 5.41) is 3.54. The van der Waals surface area contributed by atoms with Gasteiger partial charge in [-0.25, -0.2) is 0 Å². The van der Waals surface area contributed by atoms with E-state index in [2.05, 4.69) is 31.0 Å². The highest BCUT2D eigenvalue weighted by Crippen LogP contribution is 2.38. The molecule has 15 heavy (non-hydrogen) atoms. The van der Waals surface area contributed by atoms with E-state index in [1.165, 1.54) is 45.3 Å². The second-order valence-electron chi connectivity index (χ2n) is 6.10. The predicted octanol–water partition coefficient (Wildman–Crippen LogP) is 2.25. The number of rotatable bonds is 1. The minimum Gasteiger partial charge on any atom is -0.312 e. The minimum atomic E-state index is 0.537. The molecule has 2 rings (SSSR count). The Hall–Kier alpha value is -0.0800. The molecule has 1 saturated heterocycles. The summed E-state index contributed by atoms with van der Waals surface area (Å²) in [5.74, 6) is 0. The van der Waals surface area contributed by atoms with Gasteiger partial charge in [0.15, 0.2) is 0 Å². The van der Waals surface area contributed by atoms with E-state index >= 15 is 0 Å². The third-order valence-electron chi connectivity index (χ3n) is 4.29. The van der Waals surface area contributed by atoms with E-state index in [-0.39, 0.29) is 0 Å². The molecule has 0 aromatic heterocycles. The van der Waals surface area contributed by atoms with Crippen molar-refractivity contribution in [2.45, 2.75) is 58.5 Å². The highest BCUT2D eigenvalue weighted by atomic mass is 15.2. The van der Waals surface area contributed by atoms with Gasteiger partial charge in [0.05, 0.1) is 0 Å². The van der Waals surface area contributed by atoms with Gasteiger partial charge in [-0.05, 0) is 25.2 Å². The Balaban J connectivity index is 2.01. The van der Waals surface area contributed by atoms with Crippen molar-refractivity contribution in [2.24, 2.45) is 5.41 Å². The molecule has 0 amide bonds. The van der Waals surface area contributed by atoms with Crippen LogP contribution in [0, 0.1) is 5.41 Å². The summed E-state index contributed by atoms with van der Waals surface area (Å²) in [4.78, 5) is 2.74. The van der Waals surface area contributed by atoms with Crippen molar-refractivity contribution in [3.8, 4) is 0 Å². The lowest BCUT2D eigenvalue weighted by atomic mass is 9.72. The van der Waals surface area contributed by atoms with E-state index < -0.39 is 0 Å². The second kappa shape index (κ2) is 4.42. The van der Waals surface area contributed by atoms with Gasteiger partial charge in [0.2, 0.25) is 0 Å². The van der Waals surface area contributed by atoms with Gasteiger partial charge >= 0.3 is 0 Å². The Morgan fingerprint density at radius 2 is 2.07 bits per heavy atom. The third-order valence-corrected chi connectivity index (χ3v) is 4.29. The molecule has 1 heterocycles. The molecule has 1 saturated carbocycles. The van der Waals surface area contributed by atoms with Crippen LogP contribution in [0.5, 0.6) is 0 Å². The number of nitrogens with zero attached hydrogens (tertiary/aromatic N) is 1. The van der Waals surface area contributed by atoms with Crippen molar-refractivity contribution < 1.29 is 0 Å². The fourth-order valence-electron chi connectivity index (χ4n) is 3.40. The molecule has 2 unspecified atom stereocenters. The SMILES string of the molecule is CC1CN(C2CCCCC2(C)C)CCN1. The highest BCUT2D eigenvalue weighted by Gasteiger charge is 2.37. The van der Waals surface area contributed by atoms with E-state index in [1.807, 2.05) is 0 Å². The zero-order valence-corrected chi connectivity index (χ0v) is 10.6. The quantitative estimate of drug-likeness (QED) is 0.714. The van der Waals surface area contributed by atoms with Crippen molar-refractivity contribution in [3.05, 3.63) is 0 Å². The highest BCUT2D eigenvalue weighted by molar-refractivity contribution is 4.92. The topological polar surface area (TPSA) is 15.3 Å². The van der Waals surface area contributed by atoms with Crippen LogP contribution in [0.25, 0.3) is 0 Å². The second-order valence-corrected chi connectivity index (χ2v) is 6.10. The van der Waals surface area contributed by atoms with Gasteiger partial charge in [-0.2, -0.15) is 0 Å². The number of hydrogen-bond donors (Lipinski definition) is 1. The molecular weight excluding hydrogens is 184 g/mol. The van der Waals surface area contributed by atoms with E-state index in [4.69, 9.17) is 0 Å². The first-order chi connectivity index (χ1) is 7.09. The van der Waals surface area contributed by atoms with Gasteiger partial charge in [-0.3, -0.25) is 4.90 Å². The molecule has 88 valence electrons. The van der Waals surface area contributed by atoms with Crippen LogP contribution in [0.1, 0.15) is 46.5 Å². The Kier molecular flexibility index (Phi) is 3.36. The summed E-state index contributed by atoms with van der Waals surface area (Å²) >= 11 is 0. The summed E-state index contributed by atoms with van der Waals surface area (Å²) in [7, 11) is 0. The summed E-state index contributed by atoms with van der Waals surface area (Å²) in [5.41, 5.74) is 0.537. The summed E-state index contributed by atoms with van der Waals surface area (Å²) in [6, 6.07) is 1.51. The van der Waals surface area contributed by atoms with Crippen LogP contribution in [0.3, 0.4) is 0 Å². The molecule has 2 heteroatoms. The van der Waals surface area contributed by atoms with Crippen molar-refractivity contribution in [1.82, 2.24) is 10.2 Å². The van der Waals surface area contributed by atoms with Crippen molar-refractivity contribution in [2.75, 3.05) is 19.6 Å². The number of nitrogens with one attached hydrogen (secondary N) is 1. The van der Waals surface area contributed by atoms with Crippen LogP contribution in [0.15, 0.2) is 0 Å². The van der Waals surface area contributed by atoms with Crippen LogP contribution in [-0.4, -0.2) is 36.6 Å². The largest absolute Gasteiger partial charge is 0.312 e. The lowest BCUT2D eigenvalue weighted by molar-refractivity contribution is 0.0313. The van der Waals surface area contributed by atoms with Gasteiger partial charge in [0.1, 0.15) is 0 Å². The van der Waals surface area contributed by atoms with Gasteiger partial charge in [0.25, 0.3) is 0 Å². The fourth-order valence-corrected chi connectivity index (χ4v) is 3.40. The number of hydrogen-bond acceptors (Lipinski definition) is 2. The molecule has 0 radical (unpaired) electrons. The van der Waals surface area contributed by atoms with Gasteiger partial charge in [-0.1, -0.05) is 26.7 Å². The first kappa shape index (κ1) is 11.4. The zero-order valence-electron chi connectivity index (χ0n) is 10.6. The maximum atomic E-state index is 3.54. The first-order valence-corrected chi connectivity index (χ1v) is 6.57. The number of piperazine rings is 1. The molecule has 2 atom stereocenters. The first-order valence-electron chi connectivity index (χ1n) is 6.57. The van der Waals surface area contributed by atoms with Crippen molar-refractivity contribution >= 4 is 0 Å².